The zero-order valence-corrected chi connectivity index (χ0v) is 13.6. The molecule has 0 aromatic heterocycles. The summed E-state index contributed by atoms with van der Waals surface area (Å²) in [6, 6.07) is 27.0. The molecule has 0 nitrogen and oxygen atoms in total. The molecule has 0 heteroatoms. The van der Waals surface area contributed by atoms with Gasteiger partial charge in [0.05, 0.1) is 0 Å². The summed E-state index contributed by atoms with van der Waals surface area (Å²) in [5, 5.41) is 5.62. The van der Waals surface area contributed by atoms with Gasteiger partial charge in [0.2, 0.25) is 0 Å². The van der Waals surface area contributed by atoms with Gasteiger partial charge < -0.3 is 0 Å². The van der Waals surface area contributed by atoms with Crippen LogP contribution in [0.3, 0.4) is 0 Å². The minimum absolute atomic E-state index is 1.06. The van der Waals surface area contributed by atoms with Crippen molar-refractivity contribution < 1.29 is 0 Å². The Balaban J connectivity index is 1.62. The molecule has 3 aliphatic rings. The van der Waals surface area contributed by atoms with E-state index in [0.29, 0.717) is 0 Å². The number of rotatable bonds is 0. The fourth-order valence-corrected chi connectivity index (χ4v) is 5.31. The Kier molecular flexibility index (Phi) is 1.92. The van der Waals surface area contributed by atoms with Crippen molar-refractivity contribution >= 4 is 43.8 Å². The molecule has 114 valence electrons. The van der Waals surface area contributed by atoms with Crippen LogP contribution in [-0.2, 0) is 0 Å². The van der Waals surface area contributed by atoms with Gasteiger partial charge in [-0.05, 0) is 72.5 Å². The summed E-state index contributed by atoms with van der Waals surface area (Å²) in [6.45, 7) is 0. The molecule has 0 bridgehead atoms. The Hall–Kier alpha value is -3.12. The fraction of sp³-hybridized carbons (Fsp3) is 0.0400. The van der Waals surface area contributed by atoms with Crippen LogP contribution in [0.25, 0.3) is 43.8 Å². The minimum atomic E-state index is 1.06. The second-order valence-corrected chi connectivity index (χ2v) is 7.30. The highest BCUT2D eigenvalue weighted by molar-refractivity contribution is 6.38. The van der Waals surface area contributed by atoms with E-state index in [4.69, 9.17) is 0 Å². The van der Waals surface area contributed by atoms with Gasteiger partial charge >= 0.3 is 0 Å². The van der Waals surface area contributed by atoms with Gasteiger partial charge in [-0.25, -0.2) is 0 Å². The van der Waals surface area contributed by atoms with Crippen molar-refractivity contribution in [1.29, 1.82) is 0 Å². The largest absolute Gasteiger partial charge is 0.0610 e. The van der Waals surface area contributed by atoms with Crippen molar-refractivity contribution in [3.05, 3.63) is 95.1 Å². The van der Waals surface area contributed by atoms with E-state index in [-0.39, 0.29) is 0 Å². The van der Waals surface area contributed by atoms with Crippen LogP contribution in [0.4, 0.5) is 0 Å². The molecular weight excluding hydrogens is 300 g/mol. The van der Waals surface area contributed by atoms with Gasteiger partial charge in [-0.2, -0.15) is 0 Å². The highest BCUT2D eigenvalue weighted by Crippen LogP contribution is 2.61. The Labute approximate surface area is 145 Å². The molecule has 0 unspecified atom stereocenters. The standard InChI is InChI=1S/C25H14/c1-5-14-7-3-11-18-22(14)16(9-1)20-13-21-17-10-2-6-15-8-4-12-19(23(15)17)25(21)24(18)20/h1-12H,13H2. The molecule has 4 aromatic rings. The topological polar surface area (TPSA) is 0 Å². The molecule has 4 aromatic carbocycles. The van der Waals surface area contributed by atoms with Gasteiger partial charge in [-0.3, -0.25) is 0 Å². The molecule has 0 heterocycles. The third kappa shape index (κ3) is 1.26. The summed E-state index contributed by atoms with van der Waals surface area (Å²) < 4.78 is 0. The van der Waals surface area contributed by atoms with E-state index in [9.17, 15) is 0 Å². The molecule has 0 saturated heterocycles. The third-order valence-electron chi connectivity index (χ3n) is 6.21. The monoisotopic (exact) mass is 314 g/mol. The first-order valence-corrected chi connectivity index (χ1v) is 8.93. The van der Waals surface area contributed by atoms with E-state index >= 15 is 0 Å². The molecule has 0 saturated carbocycles. The van der Waals surface area contributed by atoms with Crippen molar-refractivity contribution in [3.8, 4) is 0 Å². The lowest BCUT2D eigenvalue weighted by Gasteiger charge is -2.09. The summed E-state index contributed by atoms with van der Waals surface area (Å²) in [6.07, 6.45) is 1.06. The van der Waals surface area contributed by atoms with Gasteiger partial charge in [0.25, 0.3) is 0 Å². The number of hydrogen-bond donors (Lipinski definition) is 0. The molecule has 0 fully saturated rings. The molecular formula is C25H14. The van der Waals surface area contributed by atoms with Crippen molar-refractivity contribution in [2.75, 3.05) is 0 Å². The van der Waals surface area contributed by atoms with Crippen LogP contribution in [-0.4, -0.2) is 0 Å². The molecule has 0 spiro atoms. The van der Waals surface area contributed by atoms with Crippen LogP contribution in [0.2, 0.25) is 0 Å². The average Bonchev–Trinajstić information content (AvgIpc) is 3.28. The molecule has 7 rings (SSSR count). The van der Waals surface area contributed by atoms with Crippen LogP contribution in [0.1, 0.15) is 28.7 Å². The number of hydrogen-bond acceptors (Lipinski definition) is 0. The maximum absolute atomic E-state index is 2.31. The normalized spacial score (nSPS) is 16.3. The Morgan fingerprint density at radius 1 is 0.440 bits per heavy atom. The highest BCUT2D eigenvalue weighted by Gasteiger charge is 2.37. The number of benzene rings is 4. The lowest BCUT2D eigenvalue weighted by Crippen LogP contribution is -1.86. The zero-order valence-electron chi connectivity index (χ0n) is 13.6. The number of allylic oxidation sites excluding steroid dienone is 4. The highest BCUT2D eigenvalue weighted by atomic mass is 14.4. The molecule has 0 amide bonds. The summed E-state index contributed by atoms with van der Waals surface area (Å²) >= 11 is 0. The SMILES string of the molecule is c1cc2c3c(cccc3c1)C1=C2CC2=C1c1cccc3cccc2c13. The maximum Gasteiger partial charge on any atom is -0.0000646 e. The van der Waals surface area contributed by atoms with Crippen LogP contribution in [0.5, 0.6) is 0 Å². The second kappa shape index (κ2) is 3.92. The van der Waals surface area contributed by atoms with Crippen LogP contribution in [0, 0.1) is 0 Å². The molecule has 0 radical (unpaired) electrons. The third-order valence-corrected chi connectivity index (χ3v) is 6.21. The second-order valence-electron chi connectivity index (χ2n) is 7.30. The summed E-state index contributed by atoms with van der Waals surface area (Å²) in [5.74, 6) is 0. The smallest absolute Gasteiger partial charge is 0.0000646 e. The quantitative estimate of drug-likeness (QED) is 0.345. The lowest BCUT2D eigenvalue weighted by molar-refractivity contribution is 1.47. The van der Waals surface area contributed by atoms with Gasteiger partial charge in [0.1, 0.15) is 0 Å². The molecule has 0 aliphatic heterocycles. The Bertz CT molecular complexity index is 1230. The van der Waals surface area contributed by atoms with Crippen LogP contribution >= 0.6 is 0 Å². The van der Waals surface area contributed by atoms with Crippen molar-refractivity contribution in [3.63, 3.8) is 0 Å². The molecule has 0 N–H and O–H groups in total. The predicted octanol–water partition coefficient (Wildman–Crippen LogP) is 6.55. The summed E-state index contributed by atoms with van der Waals surface area (Å²) in [4.78, 5) is 0. The maximum atomic E-state index is 2.31. The minimum Gasteiger partial charge on any atom is -0.0610 e. The van der Waals surface area contributed by atoms with Crippen molar-refractivity contribution in [2.45, 2.75) is 6.42 Å². The van der Waals surface area contributed by atoms with Gasteiger partial charge in [0, 0.05) is 0 Å². The van der Waals surface area contributed by atoms with E-state index in [1.54, 1.807) is 0 Å². The first-order valence-electron chi connectivity index (χ1n) is 8.93. The predicted molar refractivity (Wildman–Crippen MR) is 106 cm³/mol. The lowest BCUT2D eigenvalue weighted by atomic mass is 9.94. The van der Waals surface area contributed by atoms with E-state index in [0.717, 1.165) is 6.42 Å². The van der Waals surface area contributed by atoms with Crippen molar-refractivity contribution in [2.24, 2.45) is 0 Å². The first kappa shape index (κ1) is 12.3. The van der Waals surface area contributed by atoms with E-state index in [1.165, 1.54) is 66.1 Å². The Morgan fingerprint density at radius 2 is 0.840 bits per heavy atom. The van der Waals surface area contributed by atoms with Gasteiger partial charge in [0.15, 0.2) is 0 Å². The van der Waals surface area contributed by atoms with Gasteiger partial charge in [-0.15, -0.1) is 0 Å². The molecule has 0 atom stereocenters. The fourth-order valence-electron chi connectivity index (χ4n) is 5.31. The summed E-state index contributed by atoms with van der Waals surface area (Å²) in [5.41, 5.74) is 11.8. The van der Waals surface area contributed by atoms with Gasteiger partial charge in [-0.1, -0.05) is 72.8 Å². The Morgan fingerprint density at radius 3 is 1.28 bits per heavy atom. The van der Waals surface area contributed by atoms with Crippen LogP contribution < -0.4 is 0 Å². The number of fused-ring (bicyclic) bond motifs is 5. The van der Waals surface area contributed by atoms with Crippen LogP contribution in [0.15, 0.2) is 72.8 Å². The average molecular weight is 314 g/mol. The van der Waals surface area contributed by atoms with E-state index in [1.807, 2.05) is 0 Å². The summed E-state index contributed by atoms with van der Waals surface area (Å²) in [7, 11) is 0. The van der Waals surface area contributed by atoms with Crippen molar-refractivity contribution in [1.82, 2.24) is 0 Å². The zero-order chi connectivity index (χ0) is 16.1. The molecule has 25 heavy (non-hydrogen) atoms. The molecule has 3 aliphatic carbocycles. The first-order chi connectivity index (χ1) is 12.4. The van der Waals surface area contributed by atoms with E-state index in [2.05, 4.69) is 72.8 Å². The van der Waals surface area contributed by atoms with E-state index < -0.39 is 0 Å².